The summed E-state index contributed by atoms with van der Waals surface area (Å²) in [6.45, 7) is 3.17. The molecule has 2 rings (SSSR count). The molecule has 2 N–H and O–H groups in total. The average molecular weight is 327 g/mol. The van der Waals surface area contributed by atoms with Gasteiger partial charge in [0.15, 0.2) is 0 Å². The lowest BCUT2D eigenvalue weighted by atomic mass is 10.3. The minimum absolute atomic E-state index is 0.129. The van der Waals surface area contributed by atoms with Crippen LogP contribution in [0.15, 0.2) is 21.8 Å². The van der Waals surface area contributed by atoms with Gasteiger partial charge in [0.2, 0.25) is 0 Å². The lowest BCUT2D eigenvalue weighted by molar-refractivity contribution is 0.541. The Hall–Kier alpha value is -1.70. The number of anilines is 1. The second kappa shape index (κ2) is 6.46. The molecule has 0 radical (unpaired) electrons. The summed E-state index contributed by atoms with van der Waals surface area (Å²) < 4.78 is 1.95. The lowest BCUT2D eigenvalue weighted by Crippen LogP contribution is -2.24. The van der Waals surface area contributed by atoms with Gasteiger partial charge in [0.25, 0.3) is 5.56 Å². The van der Waals surface area contributed by atoms with Gasteiger partial charge in [-0.05, 0) is 22.4 Å². The van der Waals surface area contributed by atoms with Crippen molar-refractivity contribution in [2.75, 3.05) is 5.32 Å². The van der Waals surface area contributed by atoms with Crippen molar-refractivity contribution in [1.29, 1.82) is 0 Å². The molecule has 2 aromatic rings. The maximum absolute atomic E-state index is 12.0. The van der Waals surface area contributed by atoms with E-state index < -0.39 is 0 Å². The maximum Gasteiger partial charge on any atom is 0.283 e. The number of aromatic nitrogens is 5. The van der Waals surface area contributed by atoms with Crippen molar-refractivity contribution in [1.82, 2.24) is 25.0 Å². The van der Waals surface area contributed by atoms with E-state index in [-0.39, 0.29) is 5.56 Å². The second-order valence-corrected chi connectivity index (χ2v) is 4.83. The number of hydrogen-bond donors (Lipinski definition) is 2. The summed E-state index contributed by atoms with van der Waals surface area (Å²) in [7, 11) is 0. The van der Waals surface area contributed by atoms with Crippen LogP contribution in [0.3, 0.4) is 0 Å². The normalized spacial score (nSPS) is 10.6. The largest absolute Gasteiger partial charge is 0.375 e. The van der Waals surface area contributed by atoms with Crippen LogP contribution in [0.2, 0.25) is 0 Å². The molecule has 0 unspecified atom stereocenters. The molecule has 0 saturated carbocycles. The quantitative estimate of drug-likeness (QED) is 0.840. The Morgan fingerprint density at radius 3 is 3.05 bits per heavy atom. The number of halogens is 1. The summed E-state index contributed by atoms with van der Waals surface area (Å²) in [5, 5.41) is 13.7. The van der Waals surface area contributed by atoms with Gasteiger partial charge in [0, 0.05) is 6.54 Å². The molecule has 2 aromatic heterocycles. The molecule has 0 aliphatic heterocycles. The summed E-state index contributed by atoms with van der Waals surface area (Å²) in [5.41, 5.74) is 0.519. The van der Waals surface area contributed by atoms with Crippen LogP contribution in [0.25, 0.3) is 0 Å². The highest BCUT2D eigenvalue weighted by Crippen LogP contribution is 2.16. The number of nitrogens with zero attached hydrogens (tertiary/aromatic N) is 4. The van der Waals surface area contributed by atoms with Crippen LogP contribution in [0.5, 0.6) is 0 Å². The van der Waals surface area contributed by atoms with Crippen LogP contribution in [0.1, 0.15) is 25.6 Å². The molecule has 7 nitrogen and oxygen atoms in total. The first-order valence-corrected chi connectivity index (χ1v) is 6.85. The number of aryl methyl sites for hydroxylation is 1. The van der Waals surface area contributed by atoms with E-state index in [9.17, 15) is 4.79 Å². The van der Waals surface area contributed by atoms with Crippen LogP contribution in [0.4, 0.5) is 5.69 Å². The van der Waals surface area contributed by atoms with Gasteiger partial charge in [0.05, 0.1) is 18.4 Å². The predicted octanol–water partition coefficient (Wildman–Crippen LogP) is 1.54. The van der Waals surface area contributed by atoms with Gasteiger partial charge in [-0.15, -0.1) is 0 Å². The molecule has 0 atom stereocenters. The third-order valence-electron chi connectivity index (χ3n) is 2.62. The zero-order valence-corrected chi connectivity index (χ0v) is 12.1. The zero-order chi connectivity index (χ0) is 13.7. The molecule has 0 amide bonds. The molecule has 0 spiro atoms. The van der Waals surface area contributed by atoms with Crippen molar-refractivity contribution in [3.63, 3.8) is 0 Å². The Kier molecular flexibility index (Phi) is 4.67. The zero-order valence-electron chi connectivity index (χ0n) is 10.6. The first-order chi connectivity index (χ1) is 9.22. The molecule has 0 aromatic carbocycles. The molecule has 102 valence electrons. The van der Waals surface area contributed by atoms with E-state index >= 15 is 0 Å². The van der Waals surface area contributed by atoms with E-state index in [4.69, 9.17) is 0 Å². The first kappa shape index (κ1) is 13.7. The van der Waals surface area contributed by atoms with E-state index in [1.807, 2.05) is 0 Å². The van der Waals surface area contributed by atoms with E-state index in [0.717, 1.165) is 12.8 Å². The molecule has 0 saturated heterocycles. The summed E-state index contributed by atoms with van der Waals surface area (Å²) in [6.07, 6.45) is 5.03. The summed E-state index contributed by atoms with van der Waals surface area (Å²) in [4.78, 5) is 16.0. The number of H-pyrrole nitrogens is 1. The minimum atomic E-state index is -0.129. The highest BCUT2D eigenvalue weighted by molar-refractivity contribution is 9.10. The van der Waals surface area contributed by atoms with E-state index in [0.29, 0.717) is 29.1 Å². The van der Waals surface area contributed by atoms with Crippen molar-refractivity contribution in [2.45, 2.75) is 32.9 Å². The number of nitrogens with one attached hydrogen (secondary N) is 2. The third-order valence-corrected chi connectivity index (χ3v) is 3.39. The molecule has 0 aliphatic carbocycles. The number of rotatable bonds is 6. The molecule has 0 aliphatic rings. The van der Waals surface area contributed by atoms with Crippen molar-refractivity contribution >= 4 is 21.6 Å². The van der Waals surface area contributed by atoms with E-state index in [1.165, 1.54) is 11.0 Å². The van der Waals surface area contributed by atoms with E-state index in [2.05, 4.69) is 48.5 Å². The van der Waals surface area contributed by atoms with Gasteiger partial charge in [-0.2, -0.15) is 10.2 Å². The van der Waals surface area contributed by atoms with Gasteiger partial charge in [-0.3, -0.25) is 9.89 Å². The Morgan fingerprint density at radius 1 is 1.53 bits per heavy atom. The van der Waals surface area contributed by atoms with Crippen molar-refractivity contribution in [3.8, 4) is 0 Å². The minimum Gasteiger partial charge on any atom is -0.375 e. The molecule has 8 heteroatoms. The van der Waals surface area contributed by atoms with Crippen LogP contribution >= 0.6 is 15.9 Å². The van der Waals surface area contributed by atoms with Gasteiger partial charge in [-0.25, -0.2) is 9.67 Å². The standard InChI is InChI=1S/C11H15BrN6O/c1-2-3-4-18-11(19)10(12)8(5-16-18)13-6-9-14-7-15-17-9/h5,7,13H,2-4,6H2,1H3,(H,14,15,17). The summed E-state index contributed by atoms with van der Waals surface area (Å²) in [5.74, 6) is 0.696. The van der Waals surface area contributed by atoms with Gasteiger partial charge in [0.1, 0.15) is 16.6 Å². The highest BCUT2D eigenvalue weighted by atomic mass is 79.9. The Morgan fingerprint density at radius 2 is 2.37 bits per heavy atom. The number of aromatic amines is 1. The summed E-state index contributed by atoms with van der Waals surface area (Å²) >= 11 is 3.31. The van der Waals surface area contributed by atoms with Crippen LogP contribution in [0, 0.1) is 0 Å². The molecule has 0 bridgehead atoms. The lowest BCUT2D eigenvalue weighted by Gasteiger charge is -2.09. The first-order valence-electron chi connectivity index (χ1n) is 6.06. The van der Waals surface area contributed by atoms with Crippen LogP contribution in [-0.4, -0.2) is 25.0 Å². The van der Waals surface area contributed by atoms with Gasteiger partial charge in [-0.1, -0.05) is 13.3 Å². The average Bonchev–Trinajstić information content (AvgIpc) is 2.92. The topological polar surface area (TPSA) is 88.5 Å². The monoisotopic (exact) mass is 326 g/mol. The van der Waals surface area contributed by atoms with Crippen LogP contribution < -0.4 is 10.9 Å². The molecular weight excluding hydrogens is 312 g/mol. The second-order valence-electron chi connectivity index (χ2n) is 4.04. The highest BCUT2D eigenvalue weighted by Gasteiger charge is 2.08. The predicted molar refractivity (Wildman–Crippen MR) is 74.8 cm³/mol. The SMILES string of the molecule is CCCCn1ncc(NCc2ncn[nH]2)c(Br)c1=O. The summed E-state index contributed by atoms with van der Waals surface area (Å²) in [6, 6.07) is 0. The van der Waals surface area contributed by atoms with Crippen molar-refractivity contribution in [2.24, 2.45) is 0 Å². The molecule has 19 heavy (non-hydrogen) atoms. The van der Waals surface area contributed by atoms with Crippen molar-refractivity contribution < 1.29 is 0 Å². The van der Waals surface area contributed by atoms with E-state index in [1.54, 1.807) is 6.20 Å². The molecule has 2 heterocycles. The van der Waals surface area contributed by atoms with Gasteiger partial charge < -0.3 is 5.32 Å². The Labute approximate surface area is 118 Å². The third kappa shape index (κ3) is 3.40. The Bertz CT molecular complexity index is 579. The fraction of sp³-hybridized carbons (Fsp3) is 0.455. The molecular formula is C11H15BrN6O. The van der Waals surface area contributed by atoms with Crippen molar-refractivity contribution in [3.05, 3.63) is 33.2 Å². The number of unbranched alkanes of at least 4 members (excludes halogenated alkanes) is 1. The fourth-order valence-electron chi connectivity index (χ4n) is 1.55. The van der Waals surface area contributed by atoms with Gasteiger partial charge >= 0.3 is 0 Å². The Balaban J connectivity index is 2.09. The maximum atomic E-state index is 12.0. The molecule has 0 fully saturated rings. The fourth-order valence-corrected chi connectivity index (χ4v) is 2.00. The van der Waals surface area contributed by atoms with Crippen LogP contribution in [-0.2, 0) is 13.1 Å². The smallest absolute Gasteiger partial charge is 0.283 e. The number of hydrogen-bond acceptors (Lipinski definition) is 5.